The number of methoxy groups -OCH3 is 1. The van der Waals surface area contributed by atoms with Gasteiger partial charge in [0.25, 0.3) is 0 Å². The van der Waals surface area contributed by atoms with Gasteiger partial charge in [-0.15, -0.1) is 0 Å². The van der Waals surface area contributed by atoms with Crippen LogP contribution < -0.4 is 0 Å². The molecule has 2 saturated heterocycles. The molecule has 0 radical (unpaired) electrons. The molecule has 0 aromatic rings. The van der Waals surface area contributed by atoms with Crippen LogP contribution in [0.2, 0.25) is 0 Å². The highest BCUT2D eigenvalue weighted by molar-refractivity contribution is 5.84. The van der Waals surface area contributed by atoms with Crippen molar-refractivity contribution in [3.05, 3.63) is 0 Å². The van der Waals surface area contributed by atoms with Crippen LogP contribution >= 0.6 is 0 Å². The Kier molecular flexibility index (Phi) is 4.82. The molecule has 0 aromatic heterocycles. The van der Waals surface area contributed by atoms with E-state index >= 15 is 0 Å². The average molecular weight is 296 g/mol. The third-order valence-corrected chi connectivity index (χ3v) is 5.33. The molecule has 1 atom stereocenters. The van der Waals surface area contributed by atoms with Crippen molar-refractivity contribution >= 4 is 5.91 Å². The number of carbonyl (C=O) groups is 1. The van der Waals surface area contributed by atoms with Gasteiger partial charge in [-0.25, -0.2) is 0 Å². The zero-order valence-electron chi connectivity index (χ0n) is 13.2. The van der Waals surface area contributed by atoms with Crippen LogP contribution in [0.15, 0.2) is 0 Å². The minimum absolute atomic E-state index is 0.203. The van der Waals surface area contributed by atoms with Gasteiger partial charge in [-0.05, 0) is 25.7 Å². The summed E-state index contributed by atoms with van der Waals surface area (Å²) in [4.78, 5) is 17.3. The maximum atomic E-state index is 12.7. The molecule has 120 valence electrons. The van der Waals surface area contributed by atoms with Crippen molar-refractivity contribution in [3.8, 4) is 0 Å². The molecule has 21 heavy (non-hydrogen) atoms. The Labute approximate surface area is 127 Å². The van der Waals surface area contributed by atoms with Crippen LogP contribution in [0.3, 0.4) is 0 Å². The van der Waals surface area contributed by atoms with Crippen LogP contribution in [0.1, 0.15) is 32.1 Å². The summed E-state index contributed by atoms with van der Waals surface area (Å²) in [6.07, 6.45) is 5.96. The zero-order chi connectivity index (χ0) is 14.7. The van der Waals surface area contributed by atoms with E-state index in [1.165, 1.54) is 12.8 Å². The molecule has 1 saturated carbocycles. The molecule has 0 aromatic carbocycles. The molecule has 2 heterocycles. The standard InChI is InChI=1S/C16H28N2O3/c1-20-13-16(5-3-6-16)15(19)18-9-7-17(8-10-18)12-14-4-2-11-21-14/h14H,2-13H2,1H3/t14-/m0/s1. The molecule has 3 fully saturated rings. The quantitative estimate of drug-likeness (QED) is 0.762. The summed E-state index contributed by atoms with van der Waals surface area (Å²) < 4.78 is 11.0. The molecule has 3 aliphatic rings. The number of rotatable bonds is 5. The smallest absolute Gasteiger partial charge is 0.231 e. The second-order valence-corrected chi connectivity index (χ2v) is 6.79. The summed E-state index contributed by atoms with van der Waals surface area (Å²) in [5.74, 6) is 0.326. The van der Waals surface area contributed by atoms with Gasteiger partial charge in [0.2, 0.25) is 5.91 Å². The molecule has 0 unspecified atom stereocenters. The van der Waals surface area contributed by atoms with Crippen molar-refractivity contribution < 1.29 is 14.3 Å². The lowest BCUT2D eigenvalue weighted by Gasteiger charge is -2.45. The third kappa shape index (κ3) is 3.25. The molecule has 1 aliphatic carbocycles. The Morgan fingerprint density at radius 2 is 2.00 bits per heavy atom. The number of hydrogen-bond acceptors (Lipinski definition) is 4. The van der Waals surface area contributed by atoms with E-state index in [0.29, 0.717) is 18.6 Å². The fourth-order valence-electron chi connectivity index (χ4n) is 3.85. The van der Waals surface area contributed by atoms with Gasteiger partial charge in [-0.3, -0.25) is 9.69 Å². The third-order valence-electron chi connectivity index (χ3n) is 5.33. The van der Waals surface area contributed by atoms with Crippen molar-refractivity contribution in [2.45, 2.75) is 38.2 Å². The zero-order valence-corrected chi connectivity index (χ0v) is 13.2. The Bertz CT molecular complexity index is 357. The largest absolute Gasteiger partial charge is 0.384 e. The Morgan fingerprint density at radius 1 is 1.24 bits per heavy atom. The van der Waals surface area contributed by atoms with Crippen molar-refractivity contribution in [1.82, 2.24) is 9.80 Å². The highest BCUT2D eigenvalue weighted by atomic mass is 16.5. The van der Waals surface area contributed by atoms with Gasteiger partial charge in [0, 0.05) is 46.4 Å². The predicted molar refractivity (Wildman–Crippen MR) is 80.2 cm³/mol. The van der Waals surface area contributed by atoms with Crippen LogP contribution in [0.5, 0.6) is 0 Å². The van der Waals surface area contributed by atoms with Crippen LogP contribution in [-0.4, -0.2) is 74.9 Å². The first-order valence-electron chi connectivity index (χ1n) is 8.36. The second-order valence-electron chi connectivity index (χ2n) is 6.79. The fraction of sp³-hybridized carbons (Fsp3) is 0.938. The van der Waals surface area contributed by atoms with E-state index in [9.17, 15) is 4.79 Å². The van der Waals surface area contributed by atoms with Crippen molar-refractivity contribution in [2.75, 3.05) is 53.0 Å². The molecule has 5 nitrogen and oxygen atoms in total. The molecule has 3 rings (SSSR count). The summed E-state index contributed by atoms with van der Waals surface area (Å²) in [5, 5.41) is 0. The minimum atomic E-state index is -0.203. The number of hydrogen-bond donors (Lipinski definition) is 0. The van der Waals surface area contributed by atoms with Gasteiger partial charge < -0.3 is 14.4 Å². The molecule has 5 heteroatoms. The van der Waals surface area contributed by atoms with E-state index in [2.05, 4.69) is 9.80 Å². The number of ether oxygens (including phenoxy) is 2. The summed E-state index contributed by atoms with van der Waals surface area (Å²) >= 11 is 0. The minimum Gasteiger partial charge on any atom is -0.384 e. The maximum absolute atomic E-state index is 12.7. The van der Waals surface area contributed by atoms with E-state index in [-0.39, 0.29) is 5.41 Å². The van der Waals surface area contributed by atoms with Crippen molar-refractivity contribution in [1.29, 1.82) is 0 Å². The monoisotopic (exact) mass is 296 g/mol. The average Bonchev–Trinajstić information content (AvgIpc) is 2.96. The predicted octanol–water partition coefficient (Wildman–Crippen LogP) is 1.13. The second kappa shape index (κ2) is 6.63. The molecular weight excluding hydrogens is 268 g/mol. The van der Waals surface area contributed by atoms with E-state index in [0.717, 1.165) is 58.6 Å². The van der Waals surface area contributed by atoms with E-state index in [4.69, 9.17) is 9.47 Å². The van der Waals surface area contributed by atoms with Crippen LogP contribution in [0.4, 0.5) is 0 Å². The van der Waals surface area contributed by atoms with Gasteiger partial charge in [-0.1, -0.05) is 6.42 Å². The molecule has 2 aliphatic heterocycles. The van der Waals surface area contributed by atoms with Gasteiger partial charge in [0.05, 0.1) is 18.1 Å². The van der Waals surface area contributed by atoms with Crippen molar-refractivity contribution in [3.63, 3.8) is 0 Å². The molecule has 0 N–H and O–H groups in total. The van der Waals surface area contributed by atoms with E-state index < -0.39 is 0 Å². The van der Waals surface area contributed by atoms with E-state index in [1.807, 2.05) is 0 Å². The highest BCUT2D eigenvalue weighted by Gasteiger charge is 2.46. The van der Waals surface area contributed by atoms with Gasteiger partial charge >= 0.3 is 0 Å². The first-order chi connectivity index (χ1) is 10.2. The summed E-state index contributed by atoms with van der Waals surface area (Å²) in [6, 6.07) is 0. The van der Waals surface area contributed by atoms with Crippen molar-refractivity contribution in [2.24, 2.45) is 5.41 Å². The van der Waals surface area contributed by atoms with E-state index in [1.54, 1.807) is 7.11 Å². The topological polar surface area (TPSA) is 42.0 Å². The first-order valence-corrected chi connectivity index (χ1v) is 8.36. The van der Waals surface area contributed by atoms with Crippen LogP contribution in [0, 0.1) is 5.41 Å². The van der Waals surface area contributed by atoms with Gasteiger partial charge in [0.15, 0.2) is 0 Å². The Hall–Kier alpha value is -0.650. The summed E-state index contributed by atoms with van der Waals surface area (Å²) in [6.45, 7) is 6.22. The van der Waals surface area contributed by atoms with Gasteiger partial charge in [0.1, 0.15) is 0 Å². The Balaban J connectivity index is 1.47. The fourth-order valence-corrected chi connectivity index (χ4v) is 3.85. The summed E-state index contributed by atoms with van der Waals surface area (Å²) in [7, 11) is 1.70. The Morgan fingerprint density at radius 3 is 2.52 bits per heavy atom. The molecule has 1 amide bonds. The molecule has 0 spiro atoms. The molecular formula is C16H28N2O3. The van der Waals surface area contributed by atoms with Crippen LogP contribution in [-0.2, 0) is 14.3 Å². The number of carbonyl (C=O) groups excluding carboxylic acids is 1. The van der Waals surface area contributed by atoms with Crippen LogP contribution in [0.25, 0.3) is 0 Å². The highest BCUT2D eigenvalue weighted by Crippen LogP contribution is 2.42. The number of piperazine rings is 1. The lowest BCUT2D eigenvalue weighted by atomic mass is 9.68. The lowest BCUT2D eigenvalue weighted by molar-refractivity contribution is -0.154. The maximum Gasteiger partial charge on any atom is 0.231 e. The SMILES string of the molecule is COCC1(C(=O)N2CCN(C[C@@H]3CCCO3)CC2)CCC1. The number of amides is 1. The first kappa shape index (κ1) is 15.3. The molecule has 0 bridgehead atoms. The lowest BCUT2D eigenvalue weighted by Crippen LogP contribution is -2.56. The normalized spacial score (nSPS) is 29.4. The number of nitrogens with zero attached hydrogens (tertiary/aromatic N) is 2. The summed E-state index contributed by atoms with van der Waals surface area (Å²) in [5.41, 5.74) is -0.203. The van der Waals surface area contributed by atoms with Gasteiger partial charge in [-0.2, -0.15) is 0 Å².